The molecule has 0 saturated carbocycles. The second-order valence-electron chi connectivity index (χ2n) is 7.43. The summed E-state index contributed by atoms with van der Waals surface area (Å²) in [6, 6.07) is 14.7. The van der Waals surface area contributed by atoms with E-state index in [9.17, 15) is 18.3 Å². The molecule has 0 bridgehead atoms. The number of carbonyl (C=O) groups is 1. The SMILES string of the molecule is O=C([C@H](O)c1ccccc1Cl)N1CCN(c2ccc(S(=O)(=O)Nc3ccncn3)cc2)CC1.[HH].[HH].[HH]. The maximum atomic E-state index is 12.7. The number of aliphatic hydroxyl groups is 1. The molecule has 1 fully saturated rings. The molecule has 4 rings (SSSR count). The van der Waals surface area contributed by atoms with Gasteiger partial charge in [-0.25, -0.2) is 18.4 Å². The first-order chi connectivity index (χ1) is 15.8. The van der Waals surface area contributed by atoms with Gasteiger partial charge in [-0.3, -0.25) is 9.52 Å². The normalized spacial score (nSPS) is 15.2. The van der Waals surface area contributed by atoms with Crippen molar-refractivity contribution in [2.45, 2.75) is 11.0 Å². The molecular weight excluding hydrogens is 466 g/mol. The molecule has 3 aromatic rings. The van der Waals surface area contributed by atoms with Gasteiger partial charge in [0.1, 0.15) is 12.1 Å². The molecule has 1 atom stereocenters. The lowest BCUT2D eigenvalue weighted by Gasteiger charge is -2.37. The Balaban J connectivity index is 0.00000216. The zero-order valence-electron chi connectivity index (χ0n) is 17.5. The van der Waals surface area contributed by atoms with E-state index in [0.29, 0.717) is 36.8 Å². The van der Waals surface area contributed by atoms with Crippen molar-refractivity contribution in [3.8, 4) is 0 Å². The molecule has 1 saturated heterocycles. The van der Waals surface area contributed by atoms with Crippen LogP contribution in [-0.2, 0) is 14.8 Å². The van der Waals surface area contributed by atoms with Gasteiger partial charge in [0.2, 0.25) is 0 Å². The number of nitrogens with one attached hydrogen (secondary N) is 1. The molecule has 2 aromatic carbocycles. The molecule has 1 aromatic heterocycles. The Bertz CT molecular complexity index is 1230. The van der Waals surface area contributed by atoms with Gasteiger partial charge in [0.15, 0.2) is 6.10 Å². The number of aromatic nitrogens is 2. The highest BCUT2D eigenvalue weighted by Gasteiger charge is 2.28. The van der Waals surface area contributed by atoms with Crippen molar-refractivity contribution in [2.75, 3.05) is 35.8 Å². The van der Waals surface area contributed by atoms with Crippen LogP contribution in [0.1, 0.15) is 15.9 Å². The number of hydrogen-bond donors (Lipinski definition) is 2. The highest BCUT2D eigenvalue weighted by Crippen LogP contribution is 2.26. The summed E-state index contributed by atoms with van der Waals surface area (Å²) < 4.78 is 27.5. The van der Waals surface area contributed by atoms with Crippen LogP contribution >= 0.6 is 11.6 Å². The molecule has 0 unspecified atom stereocenters. The average molecular weight is 494 g/mol. The lowest BCUT2D eigenvalue weighted by atomic mass is 10.1. The minimum absolute atomic E-state index is 0. The maximum Gasteiger partial charge on any atom is 0.263 e. The van der Waals surface area contributed by atoms with Gasteiger partial charge in [-0.1, -0.05) is 29.8 Å². The molecule has 1 aliphatic heterocycles. The van der Waals surface area contributed by atoms with Crippen LogP contribution in [-0.4, -0.2) is 60.5 Å². The molecule has 178 valence electrons. The van der Waals surface area contributed by atoms with E-state index in [0.717, 1.165) is 5.69 Å². The lowest BCUT2D eigenvalue weighted by molar-refractivity contribution is -0.140. The summed E-state index contributed by atoms with van der Waals surface area (Å²) in [6.07, 6.45) is 1.40. The van der Waals surface area contributed by atoms with Gasteiger partial charge in [0.25, 0.3) is 15.9 Å². The summed E-state index contributed by atoms with van der Waals surface area (Å²) in [5.74, 6) is -0.200. The highest BCUT2D eigenvalue weighted by molar-refractivity contribution is 7.92. The van der Waals surface area contributed by atoms with Gasteiger partial charge >= 0.3 is 0 Å². The molecule has 2 N–H and O–H groups in total. The van der Waals surface area contributed by atoms with Crippen molar-refractivity contribution >= 4 is 39.0 Å². The summed E-state index contributed by atoms with van der Waals surface area (Å²) in [5.41, 5.74) is 1.23. The first kappa shape index (κ1) is 23.0. The van der Waals surface area contributed by atoms with E-state index in [1.54, 1.807) is 41.3 Å². The summed E-state index contributed by atoms with van der Waals surface area (Å²) in [5, 5.41) is 10.8. The predicted octanol–water partition coefficient (Wildman–Crippen LogP) is 3.05. The largest absolute Gasteiger partial charge is 0.378 e. The zero-order chi connectivity index (χ0) is 23.4. The maximum absolute atomic E-state index is 12.7. The Morgan fingerprint density at radius 3 is 2.39 bits per heavy atom. The minimum atomic E-state index is -3.77. The summed E-state index contributed by atoms with van der Waals surface area (Å²) in [4.78, 5) is 24.1. The Morgan fingerprint density at radius 1 is 1.06 bits per heavy atom. The fourth-order valence-corrected chi connectivity index (χ4v) is 4.82. The number of sulfonamides is 1. The number of benzene rings is 2. The van der Waals surface area contributed by atoms with Gasteiger partial charge < -0.3 is 14.9 Å². The van der Waals surface area contributed by atoms with Crippen LogP contribution in [0.3, 0.4) is 0 Å². The molecule has 1 amide bonds. The predicted molar refractivity (Wildman–Crippen MR) is 131 cm³/mol. The van der Waals surface area contributed by atoms with E-state index in [1.165, 1.54) is 30.7 Å². The van der Waals surface area contributed by atoms with Crippen molar-refractivity contribution in [1.82, 2.24) is 14.9 Å². The third-order valence-corrected chi connectivity index (χ3v) is 7.07. The standard InChI is InChI=1S/C22H22ClN5O4S.3H2/c23-19-4-2-1-3-18(19)21(29)22(30)28-13-11-27(12-14-28)16-5-7-17(8-6-16)33(31,32)26-20-9-10-24-15-25-20;;;/h1-10,15,21,29H,11-14H2,(H,24,25,26);3*1H/t21-;;;/m1.../s1. The average Bonchev–Trinajstić information content (AvgIpc) is 2.84. The van der Waals surface area contributed by atoms with Gasteiger partial charge in [-0.15, -0.1) is 0 Å². The van der Waals surface area contributed by atoms with Crippen molar-refractivity contribution in [1.29, 1.82) is 0 Å². The van der Waals surface area contributed by atoms with E-state index in [-0.39, 0.29) is 20.9 Å². The molecule has 0 aliphatic carbocycles. The molecule has 0 radical (unpaired) electrons. The minimum Gasteiger partial charge on any atom is -0.378 e. The Labute approximate surface area is 201 Å². The Kier molecular flexibility index (Phi) is 6.77. The molecule has 11 heteroatoms. The molecule has 0 spiro atoms. The summed E-state index contributed by atoms with van der Waals surface area (Å²) >= 11 is 6.10. The second-order valence-corrected chi connectivity index (χ2v) is 9.52. The number of carbonyl (C=O) groups excluding carboxylic acids is 1. The molecule has 9 nitrogen and oxygen atoms in total. The number of anilines is 2. The summed E-state index contributed by atoms with van der Waals surface area (Å²) in [6.45, 7) is 1.95. The van der Waals surface area contributed by atoms with E-state index in [4.69, 9.17) is 11.6 Å². The number of hydrogen-bond acceptors (Lipinski definition) is 7. The topological polar surface area (TPSA) is 116 Å². The van der Waals surface area contributed by atoms with Crippen molar-refractivity contribution in [3.05, 3.63) is 77.7 Å². The lowest BCUT2D eigenvalue weighted by Crippen LogP contribution is -2.50. The summed E-state index contributed by atoms with van der Waals surface area (Å²) in [7, 11) is -3.77. The van der Waals surface area contributed by atoms with Crippen LogP contribution in [0.4, 0.5) is 11.5 Å². The number of rotatable bonds is 6. The quantitative estimate of drug-likeness (QED) is 0.542. The Morgan fingerprint density at radius 2 is 1.76 bits per heavy atom. The number of amides is 1. The fourth-order valence-electron chi connectivity index (χ4n) is 3.57. The van der Waals surface area contributed by atoms with Gasteiger partial charge in [-0.05, 0) is 36.4 Å². The molecular formula is C22H28ClN5O4S. The smallest absolute Gasteiger partial charge is 0.263 e. The first-order valence-corrected chi connectivity index (χ1v) is 12.1. The third-order valence-electron chi connectivity index (χ3n) is 5.36. The van der Waals surface area contributed by atoms with Crippen molar-refractivity contribution in [2.24, 2.45) is 0 Å². The number of aliphatic hydroxyl groups excluding tert-OH is 1. The van der Waals surface area contributed by atoms with Crippen molar-refractivity contribution in [3.63, 3.8) is 0 Å². The van der Waals surface area contributed by atoms with Gasteiger partial charge in [0.05, 0.1) is 4.90 Å². The number of piperazine rings is 1. The van der Waals surface area contributed by atoms with E-state index in [2.05, 4.69) is 19.6 Å². The Hall–Kier alpha value is -3.21. The van der Waals surface area contributed by atoms with Gasteiger partial charge in [0, 0.05) is 52.9 Å². The number of halogens is 1. The fraction of sp³-hybridized carbons (Fsp3) is 0.227. The van der Waals surface area contributed by atoms with E-state index < -0.39 is 16.1 Å². The van der Waals surface area contributed by atoms with Crippen LogP contribution in [0.5, 0.6) is 0 Å². The molecule has 1 aliphatic rings. The second kappa shape index (κ2) is 9.74. The highest BCUT2D eigenvalue weighted by atomic mass is 35.5. The van der Waals surface area contributed by atoms with E-state index in [1.807, 2.05) is 0 Å². The zero-order valence-corrected chi connectivity index (χ0v) is 19.1. The van der Waals surface area contributed by atoms with Crippen molar-refractivity contribution < 1.29 is 22.6 Å². The van der Waals surface area contributed by atoms with Crippen LogP contribution in [0, 0.1) is 0 Å². The van der Waals surface area contributed by atoms with E-state index >= 15 is 0 Å². The van der Waals surface area contributed by atoms with Crippen LogP contribution in [0.2, 0.25) is 5.02 Å². The van der Waals surface area contributed by atoms with Crippen LogP contribution in [0.15, 0.2) is 72.0 Å². The van der Waals surface area contributed by atoms with Gasteiger partial charge in [-0.2, -0.15) is 0 Å². The molecule has 33 heavy (non-hydrogen) atoms. The number of nitrogens with zero attached hydrogens (tertiary/aromatic N) is 4. The molecule has 2 heterocycles. The van der Waals surface area contributed by atoms with Crippen LogP contribution in [0.25, 0.3) is 0 Å². The monoisotopic (exact) mass is 493 g/mol. The third kappa shape index (κ3) is 5.24. The van der Waals surface area contributed by atoms with Crippen LogP contribution < -0.4 is 9.62 Å². The first-order valence-electron chi connectivity index (χ1n) is 10.2.